The van der Waals surface area contributed by atoms with Crippen molar-refractivity contribution in [2.75, 3.05) is 5.32 Å². The van der Waals surface area contributed by atoms with Gasteiger partial charge in [0.2, 0.25) is 0 Å². The van der Waals surface area contributed by atoms with Gasteiger partial charge < -0.3 is 5.32 Å². The highest BCUT2D eigenvalue weighted by Crippen LogP contribution is 2.26. The van der Waals surface area contributed by atoms with Crippen LogP contribution in [0.5, 0.6) is 0 Å². The Hall–Kier alpha value is -1.07. The molecule has 1 aromatic heterocycles. The minimum Gasteiger partial charge on any atom is -0.377 e. The predicted octanol–water partition coefficient (Wildman–Crippen LogP) is 2.84. The maximum absolute atomic E-state index is 5.86. The van der Waals surface area contributed by atoms with Crippen LogP contribution in [0.3, 0.4) is 0 Å². The van der Waals surface area contributed by atoms with Crippen LogP contribution < -0.4 is 5.32 Å². The minimum absolute atomic E-state index is 0.622. The van der Waals surface area contributed by atoms with E-state index in [0.29, 0.717) is 11.6 Å². The molecule has 0 radical (unpaired) electrons. The van der Waals surface area contributed by atoms with Crippen LogP contribution in [-0.4, -0.2) is 14.8 Å². The number of hydrogen-bond donors (Lipinski definition) is 1. The molecular weight excluding hydrogens is 291 g/mol. The first-order valence-corrected chi connectivity index (χ1v) is 5.85. The number of aromatic nitrogens is 3. The first-order chi connectivity index (χ1) is 7.66. The number of halogens is 2. The standard InChI is InChI=1S/C10H10BrClN4/c1-16-10(14-6-15-16)5-13-9-3-2-7(12)4-8(9)11/h2-4,6,13H,5H2,1H3. The van der Waals surface area contributed by atoms with Crippen molar-refractivity contribution >= 4 is 33.2 Å². The van der Waals surface area contributed by atoms with E-state index in [1.807, 2.05) is 25.2 Å². The van der Waals surface area contributed by atoms with E-state index in [4.69, 9.17) is 11.6 Å². The minimum atomic E-state index is 0.622. The number of nitrogens with one attached hydrogen (secondary N) is 1. The van der Waals surface area contributed by atoms with Crippen LogP contribution in [0.4, 0.5) is 5.69 Å². The van der Waals surface area contributed by atoms with Gasteiger partial charge in [0.15, 0.2) is 0 Å². The maximum Gasteiger partial charge on any atom is 0.145 e. The van der Waals surface area contributed by atoms with E-state index in [0.717, 1.165) is 16.0 Å². The van der Waals surface area contributed by atoms with Gasteiger partial charge in [0, 0.05) is 22.2 Å². The zero-order valence-electron chi connectivity index (χ0n) is 8.61. The quantitative estimate of drug-likeness (QED) is 0.948. The lowest BCUT2D eigenvalue weighted by Crippen LogP contribution is -2.07. The summed E-state index contributed by atoms with van der Waals surface area (Å²) in [5, 5.41) is 7.96. The molecule has 0 amide bonds. The summed E-state index contributed by atoms with van der Waals surface area (Å²) in [6.45, 7) is 0.622. The highest BCUT2D eigenvalue weighted by atomic mass is 79.9. The van der Waals surface area contributed by atoms with Crippen molar-refractivity contribution in [1.29, 1.82) is 0 Å². The van der Waals surface area contributed by atoms with E-state index in [-0.39, 0.29) is 0 Å². The summed E-state index contributed by atoms with van der Waals surface area (Å²) in [5.41, 5.74) is 0.979. The zero-order chi connectivity index (χ0) is 11.5. The van der Waals surface area contributed by atoms with Gasteiger partial charge in [-0.2, -0.15) is 5.10 Å². The van der Waals surface area contributed by atoms with Gasteiger partial charge in [-0.25, -0.2) is 4.98 Å². The predicted molar refractivity (Wildman–Crippen MR) is 67.5 cm³/mol. The van der Waals surface area contributed by atoms with Crippen LogP contribution in [0.2, 0.25) is 5.02 Å². The summed E-state index contributed by atoms with van der Waals surface area (Å²) < 4.78 is 2.67. The molecule has 0 spiro atoms. The van der Waals surface area contributed by atoms with E-state index < -0.39 is 0 Å². The molecular formula is C10H10BrClN4. The molecule has 0 aliphatic rings. The molecule has 0 unspecified atom stereocenters. The molecule has 0 aliphatic heterocycles. The third kappa shape index (κ3) is 2.54. The van der Waals surface area contributed by atoms with Crippen molar-refractivity contribution in [3.63, 3.8) is 0 Å². The van der Waals surface area contributed by atoms with E-state index >= 15 is 0 Å². The lowest BCUT2D eigenvalue weighted by molar-refractivity contribution is 0.712. The van der Waals surface area contributed by atoms with Crippen molar-refractivity contribution in [2.24, 2.45) is 7.05 Å². The molecule has 0 saturated carbocycles. The second-order valence-corrected chi connectivity index (χ2v) is 4.57. The molecule has 1 aromatic carbocycles. The first-order valence-electron chi connectivity index (χ1n) is 4.68. The molecule has 2 aromatic rings. The van der Waals surface area contributed by atoms with Crippen molar-refractivity contribution < 1.29 is 0 Å². The largest absolute Gasteiger partial charge is 0.377 e. The van der Waals surface area contributed by atoms with Gasteiger partial charge in [0.1, 0.15) is 12.2 Å². The Labute approximate surface area is 107 Å². The highest BCUT2D eigenvalue weighted by Gasteiger charge is 2.03. The normalized spacial score (nSPS) is 10.4. The maximum atomic E-state index is 5.86. The van der Waals surface area contributed by atoms with Gasteiger partial charge in [-0.3, -0.25) is 4.68 Å². The molecule has 4 nitrogen and oxygen atoms in total. The van der Waals surface area contributed by atoms with Crippen LogP contribution >= 0.6 is 27.5 Å². The molecule has 16 heavy (non-hydrogen) atoms. The van der Waals surface area contributed by atoms with Crippen molar-refractivity contribution in [3.8, 4) is 0 Å². The average molecular weight is 302 g/mol. The fraction of sp³-hybridized carbons (Fsp3) is 0.200. The van der Waals surface area contributed by atoms with Gasteiger partial charge in [0.25, 0.3) is 0 Å². The van der Waals surface area contributed by atoms with Crippen LogP contribution in [0, 0.1) is 0 Å². The molecule has 0 aliphatic carbocycles. The zero-order valence-corrected chi connectivity index (χ0v) is 11.0. The lowest BCUT2D eigenvalue weighted by atomic mass is 10.3. The number of nitrogens with zero attached hydrogens (tertiary/aromatic N) is 3. The highest BCUT2D eigenvalue weighted by molar-refractivity contribution is 9.10. The number of benzene rings is 1. The van der Waals surface area contributed by atoms with Gasteiger partial charge >= 0.3 is 0 Å². The van der Waals surface area contributed by atoms with Crippen molar-refractivity contribution in [3.05, 3.63) is 39.8 Å². The topological polar surface area (TPSA) is 42.7 Å². The Bertz CT molecular complexity index is 497. The van der Waals surface area contributed by atoms with Gasteiger partial charge in [-0.15, -0.1) is 0 Å². The molecule has 6 heteroatoms. The fourth-order valence-electron chi connectivity index (χ4n) is 1.29. The van der Waals surface area contributed by atoms with Crippen LogP contribution in [-0.2, 0) is 13.6 Å². The summed E-state index contributed by atoms with van der Waals surface area (Å²) in [4.78, 5) is 4.13. The number of aryl methyl sites for hydroxylation is 1. The lowest BCUT2D eigenvalue weighted by Gasteiger charge is -2.08. The smallest absolute Gasteiger partial charge is 0.145 e. The molecule has 0 saturated heterocycles. The van der Waals surface area contributed by atoms with Crippen LogP contribution in [0.25, 0.3) is 0 Å². The Morgan fingerprint density at radius 3 is 2.94 bits per heavy atom. The average Bonchev–Trinajstić information content (AvgIpc) is 2.63. The third-order valence-corrected chi connectivity index (χ3v) is 3.06. The third-order valence-electron chi connectivity index (χ3n) is 2.17. The summed E-state index contributed by atoms with van der Waals surface area (Å²) >= 11 is 9.30. The molecule has 0 atom stereocenters. The summed E-state index contributed by atoms with van der Waals surface area (Å²) in [7, 11) is 1.86. The van der Waals surface area contributed by atoms with E-state index in [9.17, 15) is 0 Å². The summed E-state index contributed by atoms with van der Waals surface area (Å²) in [6, 6.07) is 5.61. The molecule has 1 heterocycles. The Kier molecular flexibility index (Phi) is 3.46. The van der Waals surface area contributed by atoms with Gasteiger partial charge in [0.05, 0.1) is 6.54 Å². The molecule has 0 fully saturated rings. The number of anilines is 1. The van der Waals surface area contributed by atoms with Crippen LogP contribution in [0.1, 0.15) is 5.82 Å². The van der Waals surface area contributed by atoms with Crippen molar-refractivity contribution in [1.82, 2.24) is 14.8 Å². The number of hydrogen-bond acceptors (Lipinski definition) is 3. The summed E-state index contributed by atoms with van der Waals surface area (Å²) in [5.74, 6) is 0.877. The van der Waals surface area contributed by atoms with Gasteiger partial charge in [-0.05, 0) is 34.1 Å². The summed E-state index contributed by atoms with van der Waals surface area (Å²) in [6.07, 6.45) is 1.54. The monoisotopic (exact) mass is 300 g/mol. The number of rotatable bonds is 3. The first kappa shape index (κ1) is 11.4. The molecule has 0 bridgehead atoms. The molecule has 1 N–H and O–H groups in total. The van der Waals surface area contributed by atoms with E-state index in [2.05, 4.69) is 31.3 Å². The second-order valence-electron chi connectivity index (χ2n) is 3.28. The Balaban J connectivity index is 2.08. The van der Waals surface area contributed by atoms with Gasteiger partial charge in [-0.1, -0.05) is 11.6 Å². The SMILES string of the molecule is Cn1ncnc1CNc1ccc(Cl)cc1Br. The molecule has 84 valence electrons. The fourth-order valence-corrected chi connectivity index (χ4v) is 2.11. The van der Waals surface area contributed by atoms with E-state index in [1.165, 1.54) is 6.33 Å². The Morgan fingerprint density at radius 2 is 2.31 bits per heavy atom. The van der Waals surface area contributed by atoms with Crippen molar-refractivity contribution in [2.45, 2.75) is 6.54 Å². The molecule has 2 rings (SSSR count). The Morgan fingerprint density at radius 1 is 1.50 bits per heavy atom. The second kappa shape index (κ2) is 4.84. The van der Waals surface area contributed by atoms with E-state index in [1.54, 1.807) is 4.68 Å². The van der Waals surface area contributed by atoms with Crippen LogP contribution in [0.15, 0.2) is 29.0 Å².